The van der Waals surface area contributed by atoms with Crippen molar-refractivity contribution < 1.29 is 19.1 Å². The summed E-state index contributed by atoms with van der Waals surface area (Å²) in [7, 11) is 0. The van der Waals surface area contributed by atoms with Crippen LogP contribution in [0.5, 0.6) is 0 Å². The fraction of sp³-hybridized carbons (Fsp3) is 0.467. The van der Waals surface area contributed by atoms with E-state index in [0.29, 0.717) is 24.9 Å². The molecule has 0 spiro atoms. The van der Waals surface area contributed by atoms with E-state index in [4.69, 9.17) is 5.11 Å². The Morgan fingerprint density at radius 3 is 2.52 bits per heavy atom. The van der Waals surface area contributed by atoms with Crippen molar-refractivity contribution in [3.05, 3.63) is 29.6 Å². The molecule has 0 radical (unpaired) electrons. The Morgan fingerprint density at radius 2 is 1.90 bits per heavy atom. The molecule has 2 N–H and O–H groups in total. The minimum absolute atomic E-state index is 0.0509. The van der Waals surface area contributed by atoms with Gasteiger partial charge in [0.05, 0.1) is 11.3 Å². The summed E-state index contributed by atoms with van der Waals surface area (Å²) in [6.45, 7) is 1.41. The Balaban J connectivity index is 1.70. The van der Waals surface area contributed by atoms with Crippen LogP contribution in [0.3, 0.4) is 0 Å². The van der Waals surface area contributed by atoms with E-state index in [9.17, 15) is 14.0 Å². The van der Waals surface area contributed by atoms with Crippen molar-refractivity contribution in [1.29, 1.82) is 0 Å². The maximum atomic E-state index is 13.7. The number of carbonyl (C=O) groups is 2. The number of carbonyl (C=O) groups excluding carboxylic acids is 1. The molecule has 2 unspecified atom stereocenters. The van der Waals surface area contributed by atoms with Crippen molar-refractivity contribution in [3.63, 3.8) is 0 Å². The number of amides is 2. The molecular weight excluding hydrogens is 275 g/mol. The van der Waals surface area contributed by atoms with Crippen LogP contribution in [0.4, 0.5) is 14.9 Å². The number of likely N-dealkylation sites (tertiary alicyclic amines) is 1. The molecule has 5 nitrogen and oxygen atoms in total. The molecule has 21 heavy (non-hydrogen) atoms. The third kappa shape index (κ3) is 2.70. The molecule has 1 aliphatic heterocycles. The van der Waals surface area contributed by atoms with Crippen LogP contribution in [0.1, 0.15) is 29.6 Å². The van der Waals surface area contributed by atoms with E-state index in [0.717, 1.165) is 25.0 Å². The normalized spacial score (nSPS) is 24.0. The SMILES string of the molecule is O=C(O)c1ccc(F)c(NC(=O)N2CC3CCCC3C2)c1. The first-order chi connectivity index (χ1) is 10.0. The fourth-order valence-corrected chi connectivity index (χ4v) is 3.35. The highest BCUT2D eigenvalue weighted by molar-refractivity contribution is 5.93. The minimum atomic E-state index is -1.15. The lowest BCUT2D eigenvalue weighted by Gasteiger charge is -2.18. The van der Waals surface area contributed by atoms with Gasteiger partial charge in [-0.2, -0.15) is 0 Å². The van der Waals surface area contributed by atoms with Gasteiger partial charge in [0, 0.05) is 13.1 Å². The molecule has 0 aromatic heterocycles. The number of carboxylic acids is 1. The predicted molar refractivity (Wildman–Crippen MR) is 74.8 cm³/mol. The number of hydrogen-bond donors (Lipinski definition) is 2. The standard InChI is InChI=1S/C15H17FN2O3/c16-12-5-4-9(14(19)20)6-13(12)17-15(21)18-7-10-2-1-3-11(10)8-18/h4-6,10-11H,1-3,7-8H2,(H,17,21)(H,19,20). The Labute approximate surface area is 121 Å². The number of benzene rings is 1. The molecule has 1 heterocycles. The van der Waals surface area contributed by atoms with Gasteiger partial charge in [-0.25, -0.2) is 14.0 Å². The number of fused-ring (bicyclic) bond motifs is 1. The third-order valence-electron chi connectivity index (χ3n) is 4.47. The number of urea groups is 1. The molecule has 3 rings (SSSR count). The number of nitrogens with zero attached hydrogens (tertiary/aromatic N) is 1. The minimum Gasteiger partial charge on any atom is -0.478 e. The molecule has 112 valence electrons. The zero-order chi connectivity index (χ0) is 15.0. The maximum absolute atomic E-state index is 13.7. The van der Waals surface area contributed by atoms with Gasteiger partial charge in [0.1, 0.15) is 5.82 Å². The zero-order valence-electron chi connectivity index (χ0n) is 11.5. The molecule has 2 aliphatic rings. The van der Waals surface area contributed by atoms with Crippen molar-refractivity contribution in [2.24, 2.45) is 11.8 Å². The summed E-state index contributed by atoms with van der Waals surface area (Å²) in [5.74, 6) is -0.661. The molecule has 1 aliphatic carbocycles. The molecule has 1 saturated heterocycles. The van der Waals surface area contributed by atoms with Gasteiger partial charge in [-0.3, -0.25) is 0 Å². The summed E-state index contributed by atoms with van der Waals surface area (Å²) < 4.78 is 13.7. The zero-order valence-corrected chi connectivity index (χ0v) is 11.5. The number of nitrogens with one attached hydrogen (secondary N) is 1. The van der Waals surface area contributed by atoms with Crippen LogP contribution in [0, 0.1) is 17.7 Å². The Morgan fingerprint density at radius 1 is 1.24 bits per heavy atom. The van der Waals surface area contributed by atoms with Crippen LogP contribution < -0.4 is 5.32 Å². The van der Waals surface area contributed by atoms with Crippen molar-refractivity contribution in [1.82, 2.24) is 4.90 Å². The Bertz CT molecular complexity index is 578. The number of hydrogen-bond acceptors (Lipinski definition) is 2. The topological polar surface area (TPSA) is 69.6 Å². The van der Waals surface area contributed by atoms with E-state index in [1.165, 1.54) is 12.5 Å². The third-order valence-corrected chi connectivity index (χ3v) is 4.47. The molecule has 6 heteroatoms. The molecule has 0 bridgehead atoms. The van der Waals surface area contributed by atoms with Gasteiger partial charge in [-0.1, -0.05) is 6.42 Å². The molecule has 2 fully saturated rings. The van der Waals surface area contributed by atoms with Crippen molar-refractivity contribution in [2.45, 2.75) is 19.3 Å². The highest BCUT2D eigenvalue weighted by Gasteiger charge is 2.38. The summed E-state index contributed by atoms with van der Waals surface area (Å²) in [6, 6.07) is 3.02. The lowest BCUT2D eigenvalue weighted by Crippen LogP contribution is -2.34. The summed E-state index contributed by atoms with van der Waals surface area (Å²) in [4.78, 5) is 24.8. The van der Waals surface area contributed by atoms with Gasteiger partial charge in [0.15, 0.2) is 0 Å². The number of halogens is 1. The molecule has 1 saturated carbocycles. The molecule has 2 atom stereocenters. The molecular formula is C15H17FN2O3. The number of anilines is 1. The van der Waals surface area contributed by atoms with Crippen LogP contribution >= 0.6 is 0 Å². The second-order valence-electron chi connectivity index (χ2n) is 5.79. The summed E-state index contributed by atoms with van der Waals surface area (Å²) in [5, 5.41) is 11.4. The van der Waals surface area contributed by atoms with E-state index >= 15 is 0 Å². The van der Waals surface area contributed by atoms with Crippen LogP contribution in [-0.2, 0) is 0 Å². The molecule has 1 aromatic carbocycles. The van der Waals surface area contributed by atoms with E-state index in [2.05, 4.69) is 5.32 Å². The first-order valence-electron chi connectivity index (χ1n) is 7.13. The van der Waals surface area contributed by atoms with E-state index in [1.54, 1.807) is 4.90 Å². The van der Waals surface area contributed by atoms with E-state index in [1.807, 2.05) is 0 Å². The quantitative estimate of drug-likeness (QED) is 0.880. The average molecular weight is 292 g/mol. The summed E-state index contributed by atoms with van der Waals surface area (Å²) in [6.07, 6.45) is 3.52. The fourth-order valence-electron chi connectivity index (χ4n) is 3.35. The Hall–Kier alpha value is -2.11. The van der Waals surface area contributed by atoms with Gasteiger partial charge in [0.25, 0.3) is 0 Å². The molecule has 1 aromatic rings. The number of aromatic carboxylic acids is 1. The van der Waals surface area contributed by atoms with Gasteiger partial charge >= 0.3 is 12.0 Å². The Kier molecular flexibility index (Phi) is 3.53. The smallest absolute Gasteiger partial charge is 0.335 e. The van der Waals surface area contributed by atoms with Crippen molar-refractivity contribution in [3.8, 4) is 0 Å². The van der Waals surface area contributed by atoms with Crippen LogP contribution in [0.25, 0.3) is 0 Å². The lowest BCUT2D eigenvalue weighted by molar-refractivity contribution is 0.0697. The highest BCUT2D eigenvalue weighted by atomic mass is 19.1. The summed E-state index contributed by atoms with van der Waals surface area (Å²) >= 11 is 0. The largest absolute Gasteiger partial charge is 0.478 e. The molecule has 2 amide bonds. The lowest BCUT2D eigenvalue weighted by atomic mass is 10.0. The average Bonchev–Trinajstić information content (AvgIpc) is 3.01. The van der Waals surface area contributed by atoms with Crippen LogP contribution in [-0.4, -0.2) is 35.1 Å². The number of carboxylic acid groups (broad SMARTS) is 1. The van der Waals surface area contributed by atoms with Gasteiger partial charge in [-0.15, -0.1) is 0 Å². The van der Waals surface area contributed by atoms with E-state index in [-0.39, 0.29) is 17.3 Å². The number of rotatable bonds is 2. The van der Waals surface area contributed by atoms with Crippen molar-refractivity contribution >= 4 is 17.7 Å². The second-order valence-corrected chi connectivity index (χ2v) is 5.79. The maximum Gasteiger partial charge on any atom is 0.335 e. The van der Waals surface area contributed by atoms with E-state index < -0.39 is 11.8 Å². The van der Waals surface area contributed by atoms with Crippen LogP contribution in [0.2, 0.25) is 0 Å². The highest BCUT2D eigenvalue weighted by Crippen LogP contribution is 2.37. The second kappa shape index (κ2) is 5.35. The first-order valence-corrected chi connectivity index (χ1v) is 7.13. The predicted octanol–water partition coefficient (Wildman–Crippen LogP) is 2.79. The monoisotopic (exact) mass is 292 g/mol. The first kappa shape index (κ1) is 13.9. The van der Waals surface area contributed by atoms with Crippen molar-refractivity contribution in [2.75, 3.05) is 18.4 Å². The van der Waals surface area contributed by atoms with Gasteiger partial charge in [-0.05, 0) is 42.9 Å². The van der Waals surface area contributed by atoms with Crippen LogP contribution in [0.15, 0.2) is 18.2 Å². The van der Waals surface area contributed by atoms with Gasteiger partial charge < -0.3 is 15.3 Å². The van der Waals surface area contributed by atoms with Gasteiger partial charge in [0.2, 0.25) is 0 Å². The summed E-state index contributed by atoms with van der Waals surface area (Å²) in [5.41, 5.74) is -0.137.